The fraction of sp³-hybridized carbons (Fsp3) is 0.133. The molecule has 106 valence electrons. The van der Waals surface area contributed by atoms with Gasteiger partial charge in [-0.2, -0.15) is 5.10 Å². The Morgan fingerprint density at radius 1 is 1.38 bits per heavy atom. The van der Waals surface area contributed by atoms with E-state index in [1.807, 2.05) is 24.3 Å². The number of nitrogens with zero attached hydrogens (tertiary/aromatic N) is 3. The van der Waals surface area contributed by atoms with E-state index in [1.54, 1.807) is 17.8 Å². The summed E-state index contributed by atoms with van der Waals surface area (Å²) in [6, 6.07) is 7.69. The fourth-order valence-corrected chi connectivity index (χ4v) is 2.41. The maximum absolute atomic E-state index is 11.0. The largest absolute Gasteiger partial charge is 0.478 e. The third-order valence-electron chi connectivity index (χ3n) is 3.23. The zero-order valence-corrected chi connectivity index (χ0v) is 12.0. The number of aromatic nitrogens is 3. The number of halogens is 1. The molecule has 6 heteroatoms. The second kappa shape index (κ2) is 5.18. The molecule has 2 heterocycles. The summed E-state index contributed by atoms with van der Waals surface area (Å²) >= 11 is 5.94. The van der Waals surface area contributed by atoms with Crippen LogP contribution in [0, 0.1) is 6.92 Å². The summed E-state index contributed by atoms with van der Waals surface area (Å²) in [5.41, 5.74) is 2.60. The Balaban J connectivity index is 1.94. The number of carbonyl (C=O) groups is 1. The average molecular weight is 302 g/mol. The summed E-state index contributed by atoms with van der Waals surface area (Å²) in [7, 11) is 0. The number of hydrogen-bond acceptors (Lipinski definition) is 3. The molecule has 1 N–H and O–H groups in total. The van der Waals surface area contributed by atoms with Gasteiger partial charge in [0, 0.05) is 17.8 Å². The third-order valence-corrected chi connectivity index (χ3v) is 3.44. The Bertz CT molecular complexity index is 842. The maximum Gasteiger partial charge on any atom is 0.339 e. The first-order valence-electron chi connectivity index (χ1n) is 6.34. The quantitative estimate of drug-likeness (QED) is 0.807. The molecule has 0 unspecified atom stereocenters. The van der Waals surface area contributed by atoms with Gasteiger partial charge in [-0.05, 0) is 30.7 Å². The molecule has 0 aliphatic carbocycles. The molecule has 3 aromatic rings. The van der Waals surface area contributed by atoms with Crippen LogP contribution < -0.4 is 0 Å². The van der Waals surface area contributed by atoms with Gasteiger partial charge in [0.2, 0.25) is 0 Å². The van der Waals surface area contributed by atoms with Gasteiger partial charge in [-0.1, -0.05) is 17.7 Å². The van der Waals surface area contributed by atoms with Crippen LogP contribution in [0.4, 0.5) is 0 Å². The van der Waals surface area contributed by atoms with E-state index in [9.17, 15) is 4.79 Å². The van der Waals surface area contributed by atoms with Crippen molar-refractivity contribution in [3.63, 3.8) is 0 Å². The van der Waals surface area contributed by atoms with Crippen LogP contribution in [0.2, 0.25) is 5.02 Å². The predicted octanol–water partition coefficient (Wildman–Crippen LogP) is 3.14. The lowest BCUT2D eigenvalue weighted by molar-refractivity contribution is 0.0696. The van der Waals surface area contributed by atoms with Gasteiger partial charge >= 0.3 is 5.97 Å². The Hall–Kier alpha value is -2.40. The van der Waals surface area contributed by atoms with Gasteiger partial charge in [-0.15, -0.1) is 0 Å². The molecule has 0 aliphatic heterocycles. The van der Waals surface area contributed by atoms with Crippen molar-refractivity contribution in [2.24, 2.45) is 0 Å². The normalized spacial score (nSPS) is 11.0. The number of fused-ring (bicyclic) bond motifs is 1. The lowest BCUT2D eigenvalue weighted by atomic mass is 10.1. The maximum atomic E-state index is 11.0. The molecular weight excluding hydrogens is 290 g/mol. The molecule has 0 saturated carbocycles. The third kappa shape index (κ3) is 2.73. The average Bonchev–Trinajstić information content (AvgIpc) is 2.79. The number of pyridine rings is 1. The number of carboxylic acid groups (broad SMARTS) is 1. The first-order valence-corrected chi connectivity index (χ1v) is 6.72. The number of aromatic carboxylic acids is 1. The molecule has 0 radical (unpaired) electrons. The van der Waals surface area contributed by atoms with E-state index in [0.29, 0.717) is 17.3 Å². The SMILES string of the molecule is Cc1nn(Cc2ccc3ncc(Cl)cc3c2)cc1C(=O)O. The first kappa shape index (κ1) is 13.6. The molecule has 21 heavy (non-hydrogen) atoms. The van der Waals surface area contributed by atoms with Crippen LogP contribution in [0.25, 0.3) is 10.9 Å². The zero-order chi connectivity index (χ0) is 15.0. The van der Waals surface area contributed by atoms with Crippen molar-refractivity contribution in [1.82, 2.24) is 14.8 Å². The van der Waals surface area contributed by atoms with Crippen LogP contribution in [0.1, 0.15) is 21.6 Å². The van der Waals surface area contributed by atoms with Crippen molar-refractivity contribution in [1.29, 1.82) is 0 Å². The van der Waals surface area contributed by atoms with Crippen LogP contribution in [-0.2, 0) is 6.54 Å². The van der Waals surface area contributed by atoms with E-state index in [0.717, 1.165) is 16.5 Å². The summed E-state index contributed by atoms with van der Waals surface area (Å²) in [6.45, 7) is 2.18. The zero-order valence-electron chi connectivity index (χ0n) is 11.2. The summed E-state index contributed by atoms with van der Waals surface area (Å²) in [4.78, 5) is 15.3. The van der Waals surface area contributed by atoms with Crippen LogP contribution >= 0.6 is 11.6 Å². The molecular formula is C15H12ClN3O2. The summed E-state index contributed by atoms with van der Waals surface area (Å²) < 4.78 is 1.62. The molecule has 0 fully saturated rings. The number of carboxylic acids is 1. The minimum Gasteiger partial charge on any atom is -0.478 e. The van der Waals surface area contributed by atoms with Crippen molar-refractivity contribution in [3.05, 3.63) is 58.5 Å². The van der Waals surface area contributed by atoms with E-state index in [2.05, 4.69) is 10.1 Å². The topological polar surface area (TPSA) is 68.0 Å². The van der Waals surface area contributed by atoms with Gasteiger partial charge in [0.25, 0.3) is 0 Å². The van der Waals surface area contributed by atoms with Crippen molar-refractivity contribution in [3.8, 4) is 0 Å². The van der Waals surface area contributed by atoms with Crippen molar-refractivity contribution in [2.75, 3.05) is 0 Å². The van der Waals surface area contributed by atoms with Gasteiger partial charge in [0.05, 0.1) is 22.8 Å². The summed E-state index contributed by atoms with van der Waals surface area (Å²) in [5.74, 6) is -0.965. The summed E-state index contributed by atoms with van der Waals surface area (Å²) in [6.07, 6.45) is 3.15. The van der Waals surface area contributed by atoms with Gasteiger partial charge in [0.1, 0.15) is 5.56 Å². The monoisotopic (exact) mass is 301 g/mol. The fourth-order valence-electron chi connectivity index (χ4n) is 2.25. The number of benzene rings is 1. The molecule has 0 bridgehead atoms. The van der Waals surface area contributed by atoms with Crippen LogP contribution in [-0.4, -0.2) is 25.8 Å². The minimum atomic E-state index is -0.965. The number of aryl methyl sites for hydroxylation is 1. The van der Waals surface area contributed by atoms with Gasteiger partial charge in [0.15, 0.2) is 0 Å². The molecule has 0 aliphatic rings. The van der Waals surface area contributed by atoms with Crippen molar-refractivity contribution < 1.29 is 9.90 Å². The lowest BCUT2D eigenvalue weighted by Gasteiger charge is -2.04. The number of hydrogen-bond donors (Lipinski definition) is 1. The number of rotatable bonds is 3. The lowest BCUT2D eigenvalue weighted by Crippen LogP contribution is -2.00. The minimum absolute atomic E-state index is 0.223. The molecule has 0 saturated heterocycles. The van der Waals surface area contributed by atoms with E-state index in [1.165, 1.54) is 6.20 Å². The van der Waals surface area contributed by atoms with Crippen LogP contribution in [0.5, 0.6) is 0 Å². The molecule has 0 spiro atoms. The highest BCUT2D eigenvalue weighted by Crippen LogP contribution is 2.19. The van der Waals surface area contributed by atoms with E-state index in [4.69, 9.17) is 16.7 Å². The first-order chi connectivity index (χ1) is 10.0. The second-order valence-electron chi connectivity index (χ2n) is 4.81. The van der Waals surface area contributed by atoms with Gasteiger partial charge < -0.3 is 5.11 Å². The molecule has 0 atom stereocenters. The highest BCUT2D eigenvalue weighted by Gasteiger charge is 2.11. The molecule has 3 rings (SSSR count). The Labute approximate surface area is 125 Å². The highest BCUT2D eigenvalue weighted by atomic mass is 35.5. The molecule has 5 nitrogen and oxygen atoms in total. The smallest absolute Gasteiger partial charge is 0.339 e. The van der Waals surface area contributed by atoms with Crippen LogP contribution in [0.3, 0.4) is 0 Å². The highest BCUT2D eigenvalue weighted by molar-refractivity contribution is 6.31. The predicted molar refractivity (Wildman–Crippen MR) is 79.8 cm³/mol. The van der Waals surface area contributed by atoms with E-state index < -0.39 is 5.97 Å². The second-order valence-corrected chi connectivity index (χ2v) is 5.25. The van der Waals surface area contributed by atoms with Crippen molar-refractivity contribution in [2.45, 2.75) is 13.5 Å². The van der Waals surface area contributed by atoms with Crippen molar-refractivity contribution >= 4 is 28.5 Å². The Kier molecular flexibility index (Phi) is 3.35. The van der Waals surface area contributed by atoms with Gasteiger partial charge in [-0.25, -0.2) is 4.79 Å². The molecule has 0 amide bonds. The standard InChI is InChI=1S/C15H12ClN3O2/c1-9-13(15(20)21)8-19(18-9)7-10-2-3-14-11(4-10)5-12(16)6-17-14/h2-6,8H,7H2,1H3,(H,20,21). The molecule has 1 aromatic carbocycles. The Morgan fingerprint density at radius 2 is 2.19 bits per heavy atom. The Morgan fingerprint density at radius 3 is 2.90 bits per heavy atom. The van der Waals surface area contributed by atoms with E-state index >= 15 is 0 Å². The van der Waals surface area contributed by atoms with Gasteiger partial charge in [-0.3, -0.25) is 9.67 Å². The van der Waals surface area contributed by atoms with Crippen LogP contribution in [0.15, 0.2) is 36.7 Å². The summed E-state index contributed by atoms with van der Waals surface area (Å²) in [5, 5.41) is 14.8. The molecule has 2 aromatic heterocycles. The van der Waals surface area contributed by atoms with E-state index in [-0.39, 0.29) is 5.56 Å².